The van der Waals surface area contributed by atoms with Gasteiger partial charge in [-0.05, 0) is 24.5 Å². The molecule has 0 saturated heterocycles. The monoisotopic (exact) mass is 258 g/mol. The zero-order valence-corrected chi connectivity index (χ0v) is 9.60. The third kappa shape index (κ3) is 2.42. The van der Waals surface area contributed by atoms with Gasteiger partial charge in [0.15, 0.2) is 11.6 Å². The van der Waals surface area contributed by atoms with Crippen LogP contribution in [0.2, 0.25) is 0 Å². The molecule has 6 heteroatoms. The highest BCUT2D eigenvalue weighted by molar-refractivity contribution is 5.74. The van der Waals surface area contributed by atoms with Crippen LogP contribution >= 0.6 is 0 Å². The first kappa shape index (κ1) is 12.7. The average Bonchev–Trinajstić information content (AvgIpc) is 2.75. The molecule has 2 amide bonds. The van der Waals surface area contributed by atoms with Crippen LogP contribution in [-0.2, 0) is 6.42 Å². The summed E-state index contributed by atoms with van der Waals surface area (Å²) in [5.74, 6) is -1.84. The molecular weight excluding hydrogens is 245 g/mol. The molecule has 18 heavy (non-hydrogen) atoms. The van der Waals surface area contributed by atoms with Gasteiger partial charge in [0.1, 0.15) is 6.67 Å². The van der Waals surface area contributed by atoms with E-state index in [9.17, 15) is 18.0 Å². The molecule has 0 fully saturated rings. The third-order valence-electron chi connectivity index (χ3n) is 2.96. The van der Waals surface area contributed by atoms with Gasteiger partial charge in [-0.3, -0.25) is 0 Å². The lowest BCUT2D eigenvalue weighted by molar-refractivity contribution is 0.235. The standard InChI is InChI=1S/C12H13F3N2O/c13-5-6-16-12(18)17-9-4-2-7-1-3-8(14)11(15)10(7)9/h1,3,9H,2,4-6H2,(H2,16,17,18). The third-order valence-corrected chi connectivity index (χ3v) is 2.96. The maximum atomic E-state index is 13.6. The van der Waals surface area contributed by atoms with Crippen molar-refractivity contribution in [1.29, 1.82) is 0 Å². The number of alkyl halides is 1. The number of carbonyl (C=O) groups excluding carboxylic acids is 1. The van der Waals surface area contributed by atoms with Crippen molar-refractivity contribution in [3.63, 3.8) is 0 Å². The van der Waals surface area contributed by atoms with E-state index in [1.54, 1.807) is 0 Å². The molecule has 0 saturated carbocycles. The summed E-state index contributed by atoms with van der Waals surface area (Å²) < 4.78 is 38.7. The summed E-state index contributed by atoms with van der Waals surface area (Å²) in [4.78, 5) is 11.4. The lowest BCUT2D eigenvalue weighted by Gasteiger charge is -2.15. The van der Waals surface area contributed by atoms with Crippen molar-refractivity contribution in [2.75, 3.05) is 13.2 Å². The second-order valence-electron chi connectivity index (χ2n) is 4.11. The number of fused-ring (bicyclic) bond motifs is 1. The van der Waals surface area contributed by atoms with Crippen molar-refractivity contribution in [1.82, 2.24) is 10.6 Å². The Bertz CT molecular complexity index is 465. The molecule has 1 aromatic carbocycles. The van der Waals surface area contributed by atoms with E-state index in [-0.39, 0.29) is 12.1 Å². The van der Waals surface area contributed by atoms with E-state index in [2.05, 4.69) is 10.6 Å². The highest BCUT2D eigenvalue weighted by Crippen LogP contribution is 2.34. The van der Waals surface area contributed by atoms with E-state index >= 15 is 0 Å². The summed E-state index contributed by atoms with van der Waals surface area (Å²) in [5, 5.41) is 4.80. The Morgan fingerprint density at radius 2 is 2.17 bits per heavy atom. The van der Waals surface area contributed by atoms with Crippen molar-refractivity contribution in [3.05, 3.63) is 34.9 Å². The predicted molar refractivity (Wildman–Crippen MR) is 59.9 cm³/mol. The Labute approximate surface area is 102 Å². The van der Waals surface area contributed by atoms with Gasteiger partial charge in [0.25, 0.3) is 0 Å². The summed E-state index contributed by atoms with van der Waals surface area (Å²) in [5.41, 5.74) is 0.898. The first-order valence-electron chi connectivity index (χ1n) is 5.70. The van der Waals surface area contributed by atoms with Gasteiger partial charge in [0, 0.05) is 12.1 Å². The first-order chi connectivity index (χ1) is 8.63. The molecule has 0 aromatic heterocycles. The van der Waals surface area contributed by atoms with Crippen molar-refractivity contribution < 1.29 is 18.0 Å². The average molecular weight is 258 g/mol. The molecule has 0 bridgehead atoms. The van der Waals surface area contributed by atoms with Gasteiger partial charge in [0.05, 0.1) is 6.04 Å². The quantitative estimate of drug-likeness (QED) is 0.857. The van der Waals surface area contributed by atoms with E-state index in [4.69, 9.17) is 0 Å². The van der Waals surface area contributed by atoms with Crippen LogP contribution in [-0.4, -0.2) is 19.3 Å². The van der Waals surface area contributed by atoms with Crippen LogP contribution < -0.4 is 10.6 Å². The van der Waals surface area contributed by atoms with Gasteiger partial charge in [-0.25, -0.2) is 18.0 Å². The number of benzene rings is 1. The van der Waals surface area contributed by atoms with E-state index in [0.717, 1.165) is 6.07 Å². The normalized spacial score (nSPS) is 17.4. The topological polar surface area (TPSA) is 41.1 Å². The molecule has 2 N–H and O–H groups in total. The fraction of sp³-hybridized carbons (Fsp3) is 0.417. The molecule has 1 aliphatic carbocycles. The molecule has 1 aliphatic rings. The van der Waals surface area contributed by atoms with E-state index in [1.165, 1.54) is 6.07 Å². The second kappa shape index (κ2) is 5.29. The number of amides is 2. The molecule has 0 radical (unpaired) electrons. The van der Waals surface area contributed by atoms with Crippen molar-refractivity contribution in [2.24, 2.45) is 0 Å². The van der Waals surface area contributed by atoms with Crippen LogP contribution in [0, 0.1) is 11.6 Å². The van der Waals surface area contributed by atoms with Gasteiger partial charge < -0.3 is 10.6 Å². The Balaban J connectivity index is 2.11. The number of aryl methyl sites for hydroxylation is 1. The van der Waals surface area contributed by atoms with Crippen LogP contribution in [0.25, 0.3) is 0 Å². The first-order valence-corrected chi connectivity index (χ1v) is 5.70. The molecular formula is C12H13F3N2O. The molecule has 1 atom stereocenters. The molecule has 98 valence electrons. The summed E-state index contributed by atoms with van der Waals surface area (Å²) in [7, 11) is 0. The van der Waals surface area contributed by atoms with Crippen LogP contribution in [0.3, 0.4) is 0 Å². The van der Waals surface area contributed by atoms with Crippen LogP contribution in [0.1, 0.15) is 23.6 Å². The molecule has 1 aromatic rings. The molecule has 3 nitrogen and oxygen atoms in total. The van der Waals surface area contributed by atoms with E-state index in [1.807, 2.05) is 0 Å². The minimum Gasteiger partial charge on any atom is -0.336 e. The second-order valence-corrected chi connectivity index (χ2v) is 4.11. The summed E-state index contributed by atoms with van der Waals surface area (Å²) in [6.45, 7) is -0.769. The summed E-state index contributed by atoms with van der Waals surface area (Å²) >= 11 is 0. The maximum Gasteiger partial charge on any atom is 0.315 e. The van der Waals surface area contributed by atoms with Gasteiger partial charge in [-0.2, -0.15) is 0 Å². The molecule has 0 heterocycles. The minimum absolute atomic E-state index is 0.100. The molecule has 0 aliphatic heterocycles. The molecule has 2 rings (SSSR count). The van der Waals surface area contributed by atoms with Gasteiger partial charge >= 0.3 is 6.03 Å². The highest BCUT2D eigenvalue weighted by Gasteiger charge is 2.28. The highest BCUT2D eigenvalue weighted by atomic mass is 19.2. The van der Waals surface area contributed by atoms with E-state index < -0.39 is 30.4 Å². The van der Waals surface area contributed by atoms with E-state index in [0.29, 0.717) is 18.4 Å². The Morgan fingerprint density at radius 3 is 2.89 bits per heavy atom. The zero-order chi connectivity index (χ0) is 13.1. The molecule has 1 unspecified atom stereocenters. The number of nitrogens with one attached hydrogen (secondary N) is 2. The number of urea groups is 1. The largest absolute Gasteiger partial charge is 0.336 e. The lowest BCUT2D eigenvalue weighted by atomic mass is 10.1. The Kier molecular flexibility index (Phi) is 3.74. The predicted octanol–water partition coefficient (Wildman–Crippen LogP) is 2.22. The van der Waals surface area contributed by atoms with Crippen molar-refractivity contribution >= 4 is 6.03 Å². The minimum atomic E-state index is -0.924. The Hall–Kier alpha value is -1.72. The van der Waals surface area contributed by atoms with Gasteiger partial charge in [0.2, 0.25) is 0 Å². The number of rotatable bonds is 3. The Morgan fingerprint density at radius 1 is 1.39 bits per heavy atom. The lowest BCUT2D eigenvalue weighted by Crippen LogP contribution is -2.38. The van der Waals surface area contributed by atoms with Crippen LogP contribution in [0.5, 0.6) is 0 Å². The summed E-state index contributed by atoms with van der Waals surface area (Å²) in [6.07, 6.45) is 1.10. The SMILES string of the molecule is O=C(NCCF)NC1CCc2ccc(F)c(F)c21. The number of carbonyl (C=O) groups is 1. The number of hydrogen-bond donors (Lipinski definition) is 2. The molecule has 0 spiro atoms. The maximum absolute atomic E-state index is 13.6. The van der Waals surface area contributed by atoms with Gasteiger partial charge in [-0.15, -0.1) is 0 Å². The number of halogens is 3. The van der Waals surface area contributed by atoms with Crippen molar-refractivity contribution in [2.45, 2.75) is 18.9 Å². The summed E-state index contributed by atoms with van der Waals surface area (Å²) in [6, 6.07) is 1.47. The van der Waals surface area contributed by atoms with Gasteiger partial charge in [-0.1, -0.05) is 6.07 Å². The fourth-order valence-electron chi connectivity index (χ4n) is 2.16. The number of hydrogen-bond acceptors (Lipinski definition) is 1. The fourth-order valence-corrected chi connectivity index (χ4v) is 2.16. The smallest absolute Gasteiger partial charge is 0.315 e. The van der Waals surface area contributed by atoms with Crippen LogP contribution in [0.15, 0.2) is 12.1 Å². The van der Waals surface area contributed by atoms with Crippen molar-refractivity contribution in [3.8, 4) is 0 Å². The van der Waals surface area contributed by atoms with Crippen LogP contribution in [0.4, 0.5) is 18.0 Å². The zero-order valence-electron chi connectivity index (χ0n) is 9.60.